The van der Waals surface area contributed by atoms with Gasteiger partial charge in [-0.3, -0.25) is 4.79 Å². The number of carbonyl (C=O) groups is 1. The lowest BCUT2D eigenvalue weighted by Crippen LogP contribution is -2.06. The fraction of sp³-hybridized carbons (Fsp3) is 0.0667. The monoisotopic (exact) mass is 339 g/mol. The summed E-state index contributed by atoms with van der Waals surface area (Å²) in [6.07, 6.45) is 0. The van der Waals surface area contributed by atoms with E-state index in [9.17, 15) is 13.6 Å². The lowest BCUT2D eigenvalue weighted by Gasteiger charge is -2.01. The highest BCUT2D eigenvalue weighted by atomic mass is 35.5. The Hall–Kier alpha value is -1.92. The molecular weight excluding hydrogens is 332 g/mol. The summed E-state index contributed by atoms with van der Waals surface area (Å²) in [7, 11) is 0. The first-order valence-electron chi connectivity index (χ1n) is 6.20. The third-order valence-corrected chi connectivity index (χ3v) is 3.95. The minimum atomic E-state index is -0.753. The minimum Gasteiger partial charge on any atom is -0.431 e. The molecule has 0 bridgehead atoms. The molecule has 0 amide bonds. The zero-order valence-electron chi connectivity index (χ0n) is 11.0. The number of hydrogen-bond acceptors (Lipinski definition) is 4. The van der Waals surface area contributed by atoms with Gasteiger partial charge in [0.05, 0.1) is 11.3 Å². The van der Waals surface area contributed by atoms with E-state index in [1.165, 1.54) is 0 Å². The van der Waals surface area contributed by atoms with Crippen LogP contribution in [0.4, 0.5) is 8.78 Å². The first-order chi connectivity index (χ1) is 10.5. The number of rotatable bonds is 4. The predicted octanol–water partition coefficient (Wildman–Crippen LogP) is 4.73. The Morgan fingerprint density at radius 1 is 1.23 bits per heavy atom. The normalized spacial score (nSPS) is 11.0. The average Bonchev–Trinajstić information content (AvgIpc) is 2.89. The van der Waals surface area contributed by atoms with Gasteiger partial charge in [0.25, 0.3) is 5.22 Å². The van der Waals surface area contributed by atoms with Gasteiger partial charge >= 0.3 is 0 Å². The van der Waals surface area contributed by atoms with Gasteiger partial charge < -0.3 is 4.42 Å². The van der Waals surface area contributed by atoms with Crippen LogP contribution in [0.15, 0.2) is 46.0 Å². The van der Waals surface area contributed by atoms with Crippen molar-refractivity contribution < 1.29 is 18.0 Å². The number of aromatic nitrogens is 1. The molecule has 3 aromatic rings. The molecule has 0 aliphatic rings. The molecule has 3 nitrogen and oxygen atoms in total. The highest BCUT2D eigenvalue weighted by Gasteiger charge is 2.15. The predicted molar refractivity (Wildman–Crippen MR) is 80.4 cm³/mol. The summed E-state index contributed by atoms with van der Waals surface area (Å²) in [6.45, 7) is 0. The summed E-state index contributed by atoms with van der Waals surface area (Å²) in [4.78, 5) is 16.1. The molecule has 1 heterocycles. The summed E-state index contributed by atoms with van der Waals surface area (Å²) in [5.41, 5.74) is 0.822. The maximum atomic E-state index is 13.5. The molecule has 0 aliphatic heterocycles. The van der Waals surface area contributed by atoms with E-state index < -0.39 is 17.4 Å². The smallest absolute Gasteiger partial charge is 0.257 e. The van der Waals surface area contributed by atoms with Crippen LogP contribution in [0, 0.1) is 11.6 Å². The van der Waals surface area contributed by atoms with Crippen LogP contribution in [0.2, 0.25) is 5.02 Å². The summed E-state index contributed by atoms with van der Waals surface area (Å²) < 4.78 is 32.0. The van der Waals surface area contributed by atoms with Crippen molar-refractivity contribution in [2.75, 3.05) is 5.75 Å². The van der Waals surface area contributed by atoms with Crippen molar-refractivity contribution in [2.24, 2.45) is 0 Å². The van der Waals surface area contributed by atoms with Gasteiger partial charge in [0, 0.05) is 11.1 Å². The van der Waals surface area contributed by atoms with Gasteiger partial charge in [-0.15, -0.1) is 0 Å². The molecule has 2 aromatic carbocycles. The second kappa shape index (κ2) is 6.06. The summed E-state index contributed by atoms with van der Waals surface area (Å²) in [5.74, 6) is -2.06. The van der Waals surface area contributed by atoms with E-state index in [0.29, 0.717) is 16.1 Å². The topological polar surface area (TPSA) is 43.1 Å². The SMILES string of the molecule is O=C(CSc1nc2ccc(Cl)cc2o1)c1cc(F)ccc1F. The van der Waals surface area contributed by atoms with Crippen LogP contribution in [0.1, 0.15) is 10.4 Å². The van der Waals surface area contributed by atoms with Crippen LogP contribution >= 0.6 is 23.4 Å². The first-order valence-corrected chi connectivity index (χ1v) is 7.56. The fourth-order valence-corrected chi connectivity index (χ4v) is 2.74. The zero-order chi connectivity index (χ0) is 15.7. The van der Waals surface area contributed by atoms with Crippen LogP contribution in [0.3, 0.4) is 0 Å². The lowest BCUT2D eigenvalue weighted by atomic mass is 10.1. The van der Waals surface area contributed by atoms with E-state index in [1.54, 1.807) is 18.2 Å². The number of halogens is 3. The molecule has 0 saturated carbocycles. The van der Waals surface area contributed by atoms with Crippen molar-refractivity contribution in [2.45, 2.75) is 5.22 Å². The zero-order valence-corrected chi connectivity index (χ0v) is 12.5. The lowest BCUT2D eigenvalue weighted by molar-refractivity contribution is 0.101. The highest BCUT2D eigenvalue weighted by molar-refractivity contribution is 7.99. The van der Waals surface area contributed by atoms with E-state index in [1.807, 2.05) is 0 Å². The van der Waals surface area contributed by atoms with Gasteiger partial charge in [0.2, 0.25) is 0 Å². The molecular formula is C15H8ClF2NO2S. The Kier molecular flexibility index (Phi) is 4.13. The van der Waals surface area contributed by atoms with Crippen LogP contribution in [-0.2, 0) is 0 Å². The first kappa shape index (κ1) is 15.0. The third kappa shape index (κ3) is 3.13. The molecule has 0 unspecified atom stereocenters. The van der Waals surface area contributed by atoms with Gasteiger partial charge in [0.1, 0.15) is 17.2 Å². The Morgan fingerprint density at radius 2 is 2.05 bits per heavy atom. The number of fused-ring (bicyclic) bond motifs is 1. The van der Waals surface area contributed by atoms with E-state index in [2.05, 4.69) is 4.98 Å². The minimum absolute atomic E-state index is 0.110. The van der Waals surface area contributed by atoms with Gasteiger partial charge in [-0.1, -0.05) is 23.4 Å². The maximum absolute atomic E-state index is 13.5. The third-order valence-electron chi connectivity index (χ3n) is 2.89. The number of ketones is 1. The molecule has 3 rings (SSSR count). The summed E-state index contributed by atoms with van der Waals surface area (Å²) in [5, 5.41) is 0.778. The van der Waals surface area contributed by atoms with E-state index >= 15 is 0 Å². The summed E-state index contributed by atoms with van der Waals surface area (Å²) >= 11 is 6.85. The van der Waals surface area contributed by atoms with Crippen LogP contribution in [-0.4, -0.2) is 16.5 Å². The molecule has 0 spiro atoms. The maximum Gasteiger partial charge on any atom is 0.257 e. The second-order valence-electron chi connectivity index (χ2n) is 4.43. The van der Waals surface area contributed by atoms with Crippen molar-refractivity contribution in [3.05, 3.63) is 58.6 Å². The number of benzene rings is 2. The van der Waals surface area contributed by atoms with Crippen molar-refractivity contribution in [3.63, 3.8) is 0 Å². The molecule has 0 aliphatic carbocycles. The van der Waals surface area contributed by atoms with E-state index in [0.717, 1.165) is 30.0 Å². The number of hydrogen-bond donors (Lipinski definition) is 0. The summed E-state index contributed by atoms with van der Waals surface area (Å²) in [6, 6.07) is 7.75. The molecule has 0 saturated heterocycles. The molecule has 0 radical (unpaired) electrons. The second-order valence-corrected chi connectivity index (χ2v) is 5.79. The molecule has 0 N–H and O–H groups in total. The van der Waals surface area contributed by atoms with Crippen molar-refractivity contribution in [1.82, 2.24) is 4.98 Å². The van der Waals surface area contributed by atoms with E-state index in [4.69, 9.17) is 16.0 Å². The van der Waals surface area contributed by atoms with Gasteiger partial charge in [0.15, 0.2) is 11.4 Å². The Morgan fingerprint density at radius 3 is 2.86 bits per heavy atom. The number of nitrogens with zero attached hydrogens (tertiary/aromatic N) is 1. The molecule has 7 heteroatoms. The largest absolute Gasteiger partial charge is 0.431 e. The standard InChI is InChI=1S/C15H8ClF2NO2S/c16-8-1-4-12-14(5-8)21-15(19-12)22-7-13(20)10-6-9(17)2-3-11(10)18/h1-6H,7H2. The Balaban J connectivity index is 1.75. The van der Waals surface area contributed by atoms with Crippen LogP contribution in [0.25, 0.3) is 11.1 Å². The molecule has 0 fully saturated rings. The van der Waals surface area contributed by atoms with E-state index in [-0.39, 0.29) is 16.5 Å². The molecule has 1 aromatic heterocycles. The van der Waals surface area contributed by atoms with Crippen LogP contribution < -0.4 is 0 Å². The van der Waals surface area contributed by atoms with Gasteiger partial charge in [-0.05, 0) is 30.3 Å². The van der Waals surface area contributed by atoms with Crippen molar-refractivity contribution in [1.29, 1.82) is 0 Å². The van der Waals surface area contributed by atoms with Crippen LogP contribution in [0.5, 0.6) is 0 Å². The number of oxazole rings is 1. The Bertz CT molecular complexity index is 866. The van der Waals surface area contributed by atoms with Crippen molar-refractivity contribution in [3.8, 4) is 0 Å². The number of thioether (sulfide) groups is 1. The average molecular weight is 340 g/mol. The number of carbonyl (C=O) groups excluding carboxylic acids is 1. The van der Waals surface area contributed by atoms with Gasteiger partial charge in [-0.25, -0.2) is 13.8 Å². The Labute approximate surface area is 133 Å². The molecule has 22 heavy (non-hydrogen) atoms. The fourth-order valence-electron chi connectivity index (χ4n) is 1.86. The molecule has 0 atom stereocenters. The quantitative estimate of drug-likeness (QED) is 0.509. The number of Topliss-reactive ketones (excluding diaryl/α,β-unsaturated/α-hetero) is 1. The van der Waals surface area contributed by atoms with Gasteiger partial charge in [-0.2, -0.15) is 0 Å². The highest BCUT2D eigenvalue weighted by Crippen LogP contribution is 2.26. The molecule has 112 valence electrons. The van der Waals surface area contributed by atoms with Crippen molar-refractivity contribution >= 4 is 40.2 Å².